The third-order valence-corrected chi connectivity index (χ3v) is 11.0. The lowest BCUT2D eigenvalue weighted by atomic mass is 9.92. The first-order valence-corrected chi connectivity index (χ1v) is 19.4. The molecule has 10 aromatic rings. The van der Waals surface area contributed by atoms with Crippen molar-refractivity contribution in [1.82, 2.24) is 19.9 Å². The molecular formula is C52H38N4O2. The SMILES string of the molecule is Cc1cc(-c2nc3ccccc3o2)c(C)cc1-c1ccc(-c2ccc(-c3ccccn3)nc2-c2ccc(-c3cc(C)c(-c4nc5ccccc5o4)cc3C)cc2)cc1. The number of oxazole rings is 2. The fraction of sp³-hybridized carbons (Fsp3) is 0.0769. The zero-order valence-corrected chi connectivity index (χ0v) is 32.6. The van der Waals surface area contributed by atoms with Crippen LogP contribution in [0.15, 0.2) is 167 Å². The molecule has 6 aromatic carbocycles. The molecule has 0 saturated heterocycles. The molecule has 10 rings (SSSR count). The molecule has 0 radical (unpaired) electrons. The van der Waals surface area contributed by atoms with E-state index in [1.54, 1.807) is 6.20 Å². The minimum atomic E-state index is 0.641. The van der Waals surface area contributed by atoms with Gasteiger partial charge in [-0.2, -0.15) is 0 Å². The van der Waals surface area contributed by atoms with E-state index in [4.69, 9.17) is 23.8 Å². The maximum atomic E-state index is 6.13. The maximum Gasteiger partial charge on any atom is 0.227 e. The minimum absolute atomic E-state index is 0.641. The average molecular weight is 751 g/mol. The summed E-state index contributed by atoms with van der Waals surface area (Å²) < 4.78 is 12.3. The van der Waals surface area contributed by atoms with Crippen LogP contribution in [0, 0.1) is 27.7 Å². The van der Waals surface area contributed by atoms with Gasteiger partial charge in [0.05, 0.1) is 17.1 Å². The number of pyridine rings is 2. The number of aromatic nitrogens is 4. The molecule has 58 heavy (non-hydrogen) atoms. The van der Waals surface area contributed by atoms with Gasteiger partial charge >= 0.3 is 0 Å². The van der Waals surface area contributed by atoms with Crippen LogP contribution in [0.25, 0.3) is 101 Å². The van der Waals surface area contributed by atoms with E-state index in [-0.39, 0.29) is 0 Å². The van der Waals surface area contributed by atoms with Crippen LogP contribution in [0.4, 0.5) is 0 Å². The largest absolute Gasteiger partial charge is 0.436 e. The molecule has 6 heteroatoms. The van der Waals surface area contributed by atoms with Gasteiger partial charge in [0, 0.05) is 28.5 Å². The standard InChI is InChI=1S/C52H38N4O2/c1-31-29-42(51-55-46-12-5-7-14-48(46)57-51)33(3)27-40(31)36-18-16-35(17-19-36)39-24-25-45(44-11-9-10-26-53-44)54-50(39)38-22-20-37(21-23-38)41-28-34(4)43(30-32(41)2)52-56-47-13-6-8-15-49(47)58-52/h5-30H,1-4H3. The Morgan fingerprint density at radius 2 is 0.810 bits per heavy atom. The monoisotopic (exact) mass is 750 g/mol. The fourth-order valence-corrected chi connectivity index (χ4v) is 7.90. The molecule has 0 aliphatic rings. The molecule has 4 heterocycles. The Morgan fingerprint density at radius 3 is 1.31 bits per heavy atom. The molecular weight excluding hydrogens is 713 g/mol. The highest BCUT2D eigenvalue weighted by Gasteiger charge is 2.18. The summed E-state index contributed by atoms with van der Waals surface area (Å²) >= 11 is 0. The molecule has 0 unspecified atom stereocenters. The second kappa shape index (κ2) is 14.3. The lowest BCUT2D eigenvalue weighted by molar-refractivity contribution is 0.619. The van der Waals surface area contributed by atoms with Crippen molar-refractivity contribution in [2.24, 2.45) is 0 Å². The number of para-hydroxylation sites is 4. The second-order valence-corrected chi connectivity index (χ2v) is 14.9. The molecule has 0 aliphatic carbocycles. The number of hydrogen-bond donors (Lipinski definition) is 0. The molecule has 0 bridgehead atoms. The Morgan fingerprint density at radius 1 is 0.362 bits per heavy atom. The molecule has 0 aliphatic heterocycles. The number of rotatable bonds is 7. The third-order valence-electron chi connectivity index (χ3n) is 11.0. The van der Waals surface area contributed by atoms with Gasteiger partial charge in [-0.25, -0.2) is 15.0 Å². The van der Waals surface area contributed by atoms with E-state index in [0.717, 1.165) is 100 Å². The summed E-state index contributed by atoms with van der Waals surface area (Å²) in [6.45, 7) is 8.52. The Kier molecular flexibility index (Phi) is 8.60. The molecule has 0 fully saturated rings. The van der Waals surface area contributed by atoms with Gasteiger partial charge in [-0.3, -0.25) is 4.98 Å². The molecule has 0 spiro atoms. The summed E-state index contributed by atoms with van der Waals surface area (Å²) in [6.07, 6.45) is 1.81. The molecule has 0 atom stereocenters. The van der Waals surface area contributed by atoms with Crippen molar-refractivity contribution in [3.8, 4) is 78.9 Å². The van der Waals surface area contributed by atoms with Crippen molar-refractivity contribution >= 4 is 22.2 Å². The Hall–Kier alpha value is -7.44. The first kappa shape index (κ1) is 35.0. The number of aryl methyl sites for hydroxylation is 4. The molecule has 6 nitrogen and oxygen atoms in total. The van der Waals surface area contributed by atoms with Crippen molar-refractivity contribution in [3.05, 3.63) is 180 Å². The van der Waals surface area contributed by atoms with E-state index in [9.17, 15) is 0 Å². The van der Waals surface area contributed by atoms with E-state index >= 15 is 0 Å². The first-order valence-electron chi connectivity index (χ1n) is 19.4. The quantitative estimate of drug-likeness (QED) is 0.161. The predicted octanol–water partition coefficient (Wildman–Crippen LogP) is 13.7. The van der Waals surface area contributed by atoms with E-state index in [2.05, 4.69) is 118 Å². The molecule has 278 valence electrons. The van der Waals surface area contributed by atoms with Gasteiger partial charge in [0.2, 0.25) is 11.8 Å². The third kappa shape index (κ3) is 6.35. The summed E-state index contributed by atoms with van der Waals surface area (Å²) in [5, 5.41) is 0. The minimum Gasteiger partial charge on any atom is -0.436 e. The van der Waals surface area contributed by atoms with Gasteiger partial charge in [0.15, 0.2) is 11.2 Å². The van der Waals surface area contributed by atoms with Crippen molar-refractivity contribution in [3.63, 3.8) is 0 Å². The van der Waals surface area contributed by atoms with Crippen LogP contribution in [0.1, 0.15) is 22.3 Å². The molecule has 4 aromatic heterocycles. The van der Waals surface area contributed by atoms with Gasteiger partial charge < -0.3 is 8.83 Å². The van der Waals surface area contributed by atoms with E-state index in [1.807, 2.05) is 66.7 Å². The van der Waals surface area contributed by atoms with Gasteiger partial charge in [-0.05, 0) is 138 Å². The normalized spacial score (nSPS) is 11.4. The van der Waals surface area contributed by atoms with Crippen LogP contribution in [-0.2, 0) is 0 Å². The van der Waals surface area contributed by atoms with Crippen molar-refractivity contribution in [2.45, 2.75) is 27.7 Å². The Bertz CT molecular complexity index is 3080. The van der Waals surface area contributed by atoms with E-state index in [0.29, 0.717) is 11.8 Å². The summed E-state index contributed by atoms with van der Waals surface area (Å²) in [5.41, 5.74) is 20.2. The summed E-state index contributed by atoms with van der Waals surface area (Å²) in [7, 11) is 0. The second-order valence-electron chi connectivity index (χ2n) is 14.9. The lowest BCUT2D eigenvalue weighted by Gasteiger charge is -2.15. The first-order chi connectivity index (χ1) is 28.4. The van der Waals surface area contributed by atoms with E-state index < -0.39 is 0 Å². The average Bonchev–Trinajstić information content (AvgIpc) is 3.90. The van der Waals surface area contributed by atoms with Crippen LogP contribution in [0.2, 0.25) is 0 Å². The maximum absolute atomic E-state index is 6.13. The van der Waals surface area contributed by atoms with Gasteiger partial charge in [0.25, 0.3) is 0 Å². The predicted molar refractivity (Wildman–Crippen MR) is 234 cm³/mol. The highest BCUT2D eigenvalue weighted by molar-refractivity contribution is 5.86. The molecule has 0 saturated carbocycles. The van der Waals surface area contributed by atoms with E-state index in [1.165, 1.54) is 11.1 Å². The summed E-state index contributed by atoms with van der Waals surface area (Å²) in [5.74, 6) is 1.29. The Labute approximate surface area is 336 Å². The van der Waals surface area contributed by atoms with Crippen LogP contribution in [-0.4, -0.2) is 19.9 Å². The number of nitrogens with zero attached hydrogens (tertiary/aromatic N) is 4. The van der Waals surface area contributed by atoms with Gasteiger partial charge in [0.1, 0.15) is 11.0 Å². The van der Waals surface area contributed by atoms with Crippen LogP contribution >= 0.6 is 0 Å². The summed E-state index contributed by atoms with van der Waals surface area (Å²) in [4.78, 5) is 19.4. The van der Waals surface area contributed by atoms with Gasteiger partial charge in [-0.15, -0.1) is 0 Å². The Balaban J connectivity index is 0.985. The highest BCUT2D eigenvalue weighted by atomic mass is 16.4. The van der Waals surface area contributed by atoms with Crippen molar-refractivity contribution in [1.29, 1.82) is 0 Å². The highest BCUT2D eigenvalue weighted by Crippen LogP contribution is 2.38. The smallest absolute Gasteiger partial charge is 0.227 e. The van der Waals surface area contributed by atoms with Crippen LogP contribution in [0.3, 0.4) is 0 Å². The topological polar surface area (TPSA) is 77.8 Å². The van der Waals surface area contributed by atoms with Crippen LogP contribution in [0.5, 0.6) is 0 Å². The van der Waals surface area contributed by atoms with Crippen molar-refractivity contribution in [2.75, 3.05) is 0 Å². The summed E-state index contributed by atoms with van der Waals surface area (Å²) in [6, 6.07) is 52.2. The molecule has 0 N–H and O–H groups in total. The zero-order chi connectivity index (χ0) is 39.3. The van der Waals surface area contributed by atoms with Crippen LogP contribution < -0.4 is 0 Å². The number of benzene rings is 6. The van der Waals surface area contributed by atoms with Crippen molar-refractivity contribution < 1.29 is 8.83 Å². The number of fused-ring (bicyclic) bond motifs is 2. The number of hydrogen-bond acceptors (Lipinski definition) is 6. The van der Waals surface area contributed by atoms with Gasteiger partial charge in [-0.1, -0.05) is 91.0 Å². The molecule has 0 amide bonds. The zero-order valence-electron chi connectivity index (χ0n) is 32.6. The lowest BCUT2D eigenvalue weighted by Crippen LogP contribution is -1.95. The fourth-order valence-electron chi connectivity index (χ4n) is 7.90.